The van der Waals surface area contributed by atoms with Crippen LogP contribution >= 0.6 is 0 Å². The molecule has 0 aliphatic carbocycles. The van der Waals surface area contributed by atoms with Crippen LogP contribution in [-0.4, -0.2) is 16.9 Å². The van der Waals surface area contributed by atoms with Crippen molar-refractivity contribution in [2.75, 3.05) is 0 Å². The van der Waals surface area contributed by atoms with Gasteiger partial charge in [0.2, 0.25) is 0 Å². The van der Waals surface area contributed by atoms with Gasteiger partial charge < -0.3 is 5.11 Å². The molecule has 0 saturated heterocycles. The lowest BCUT2D eigenvalue weighted by Gasteiger charge is -2.11. The van der Waals surface area contributed by atoms with Crippen molar-refractivity contribution in [2.45, 2.75) is 136 Å². The fraction of sp³-hybridized carbons (Fsp3) is 0.917. The van der Waals surface area contributed by atoms with E-state index in [1.807, 2.05) is 0 Å². The second kappa shape index (κ2) is 19.9. The van der Waals surface area contributed by atoms with E-state index < -0.39 is 11.9 Å². The SMILES string of the molecule is CCCCCCCCCCCC(=O)C(CCCCCCCCCC)C(=O)O. The lowest BCUT2D eigenvalue weighted by molar-refractivity contribution is -0.146. The summed E-state index contributed by atoms with van der Waals surface area (Å²) >= 11 is 0. The molecule has 0 bridgehead atoms. The fourth-order valence-electron chi connectivity index (χ4n) is 3.69. The number of Topliss-reactive ketones (excluding diaryl/α,β-unsaturated/α-hetero) is 1. The molecule has 1 N–H and O–H groups in total. The first-order chi connectivity index (χ1) is 13.1. The third-order valence-electron chi connectivity index (χ3n) is 5.56. The van der Waals surface area contributed by atoms with Crippen LogP contribution in [0.3, 0.4) is 0 Å². The Morgan fingerprint density at radius 1 is 0.593 bits per heavy atom. The van der Waals surface area contributed by atoms with E-state index in [1.54, 1.807) is 0 Å². The second-order valence-corrected chi connectivity index (χ2v) is 8.20. The number of ketones is 1. The molecule has 0 aliphatic rings. The minimum absolute atomic E-state index is 0.0478. The maximum absolute atomic E-state index is 12.2. The largest absolute Gasteiger partial charge is 0.481 e. The zero-order valence-corrected chi connectivity index (χ0v) is 18.3. The minimum atomic E-state index is -0.918. The van der Waals surface area contributed by atoms with Crippen LogP contribution in [0.4, 0.5) is 0 Å². The molecule has 0 spiro atoms. The van der Waals surface area contributed by atoms with Gasteiger partial charge in [-0.15, -0.1) is 0 Å². The number of unbranched alkanes of at least 4 members (excludes halogenated alkanes) is 15. The zero-order chi connectivity index (χ0) is 20.2. The molecular weight excluding hydrogens is 336 g/mol. The summed E-state index contributed by atoms with van der Waals surface area (Å²) in [7, 11) is 0. The van der Waals surface area contributed by atoms with Crippen molar-refractivity contribution in [1.29, 1.82) is 0 Å². The lowest BCUT2D eigenvalue weighted by atomic mass is 9.93. The number of aliphatic carboxylic acids is 1. The molecule has 0 saturated carbocycles. The summed E-state index contributed by atoms with van der Waals surface area (Å²) in [6.45, 7) is 4.45. The molecule has 27 heavy (non-hydrogen) atoms. The first kappa shape index (κ1) is 26.1. The minimum Gasteiger partial charge on any atom is -0.481 e. The van der Waals surface area contributed by atoms with Gasteiger partial charge in [-0.05, 0) is 12.8 Å². The Bertz CT molecular complexity index is 352. The standard InChI is InChI=1S/C24H46O3/c1-3-5-7-9-11-13-15-17-19-21-23(25)22(24(26)27)20-18-16-14-12-10-8-6-4-2/h22H,3-21H2,1-2H3,(H,26,27). The normalized spacial score (nSPS) is 12.2. The molecule has 1 atom stereocenters. The Kier molecular flexibility index (Phi) is 19.3. The smallest absolute Gasteiger partial charge is 0.314 e. The van der Waals surface area contributed by atoms with E-state index in [9.17, 15) is 14.7 Å². The number of carboxylic acid groups (broad SMARTS) is 1. The monoisotopic (exact) mass is 382 g/mol. The van der Waals surface area contributed by atoms with E-state index >= 15 is 0 Å². The van der Waals surface area contributed by atoms with E-state index in [0.29, 0.717) is 12.8 Å². The van der Waals surface area contributed by atoms with E-state index in [0.717, 1.165) is 25.7 Å². The van der Waals surface area contributed by atoms with E-state index in [2.05, 4.69) is 13.8 Å². The molecule has 0 fully saturated rings. The van der Waals surface area contributed by atoms with Crippen molar-refractivity contribution in [3.63, 3.8) is 0 Å². The molecule has 0 radical (unpaired) electrons. The van der Waals surface area contributed by atoms with Gasteiger partial charge in [0, 0.05) is 6.42 Å². The van der Waals surface area contributed by atoms with Crippen LogP contribution in [0, 0.1) is 5.92 Å². The number of carbonyl (C=O) groups is 2. The highest BCUT2D eigenvalue weighted by Crippen LogP contribution is 2.18. The van der Waals surface area contributed by atoms with Crippen molar-refractivity contribution in [3.05, 3.63) is 0 Å². The van der Waals surface area contributed by atoms with Crippen molar-refractivity contribution >= 4 is 11.8 Å². The lowest BCUT2D eigenvalue weighted by Crippen LogP contribution is -2.23. The number of carboxylic acids is 1. The summed E-state index contributed by atoms with van der Waals surface area (Å²) in [5.74, 6) is -1.73. The van der Waals surface area contributed by atoms with Crippen LogP contribution < -0.4 is 0 Å². The van der Waals surface area contributed by atoms with Crippen LogP contribution in [-0.2, 0) is 9.59 Å². The van der Waals surface area contributed by atoms with Gasteiger partial charge in [0.15, 0.2) is 0 Å². The highest BCUT2D eigenvalue weighted by Gasteiger charge is 2.24. The third-order valence-corrected chi connectivity index (χ3v) is 5.56. The summed E-state index contributed by atoms with van der Waals surface area (Å²) < 4.78 is 0. The molecular formula is C24H46O3. The molecule has 0 amide bonds. The number of hydrogen-bond acceptors (Lipinski definition) is 2. The van der Waals surface area contributed by atoms with Gasteiger partial charge in [0.25, 0.3) is 0 Å². The molecule has 0 aromatic heterocycles. The molecule has 1 unspecified atom stereocenters. The van der Waals surface area contributed by atoms with Gasteiger partial charge in [-0.2, -0.15) is 0 Å². The van der Waals surface area contributed by atoms with Crippen LogP contribution in [0.25, 0.3) is 0 Å². The molecule has 0 aliphatic heterocycles. The van der Waals surface area contributed by atoms with Gasteiger partial charge in [-0.25, -0.2) is 0 Å². The number of hydrogen-bond donors (Lipinski definition) is 1. The number of rotatable bonds is 21. The van der Waals surface area contributed by atoms with E-state index in [-0.39, 0.29) is 5.78 Å². The van der Waals surface area contributed by atoms with Crippen LogP contribution in [0.5, 0.6) is 0 Å². The van der Waals surface area contributed by atoms with Crippen LogP contribution in [0.2, 0.25) is 0 Å². The Morgan fingerprint density at radius 2 is 0.963 bits per heavy atom. The molecule has 0 aromatic rings. The van der Waals surface area contributed by atoms with Gasteiger partial charge in [0.05, 0.1) is 0 Å². The maximum Gasteiger partial charge on any atom is 0.314 e. The van der Waals surface area contributed by atoms with Crippen molar-refractivity contribution in [3.8, 4) is 0 Å². The predicted molar refractivity (Wildman–Crippen MR) is 115 cm³/mol. The molecule has 0 heterocycles. The Balaban J connectivity index is 3.69. The molecule has 3 nitrogen and oxygen atoms in total. The highest BCUT2D eigenvalue weighted by molar-refractivity contribution is 5.98. The maximum atomic E-state index is 12.2. The van der Waals surface area contributed by atoms with Gasteiger partial charge in [-0.1, -0.05) is 117 Å². The Hall–Kier alpha value is -0.860. The topological polar surface area (TPSA) is 54.4 Å². The number of carbonyl (C=O) groups excluding carboxylic acids is 1. The van der Waals surface area contributed by atoms with E-state index in [1.165, 1.54) is 83.5 Å². The first-order valence-electron chi connectivity index (χ1n) is 11.9. The summed E-state index contributed by atoms with van der Waals surface area (Å²) in [6, 6.07) is 0. The summed E-state index contributed by atoms with van der Waals surface area (Å²) in [5.41, 5.74) is 0. The van der Waals surface area contributed by atoms with Gasteiger partial charge in [0.1, 0.15) is 11.7 Å². The van der Waals surface area contributed by atoms with Crippen LogP contribution in [0.15, 0.2) is 0 Å². The fourth-order valence-corrected chi connectivity index (χ4v) is 3.69. The molecule has 0 aromatic carbocycles. The average molecular weight is 383 g/mol. The van der Waals surface area contributed by atoms with E-state index in [4.69, 9.17) is 0 Å². The summed E-state index contributed by atoms with van der Waals surface area (Å²) in [4.78, 5) is 23.7. The van der Waals surface area contributed by atoms with Crippen molar-refractivity contribution in [1.82, 2.24) is 0 Å². The van der Waals surface area contributed by atoms with Crippen molar-refractivity contribution < 1.29 is 14.7 Å². The average Bonchev–Trinajstić information content (AvgIpc) is 2.65. The molecule has 160 valence electrons. The Labute approximate surface area is 168 Å². The first-order valence-corrected chi connectivity index (χ1v) is 11.9. The zero-order valence-electron chi connectivity index (χ0n) is 18.3. The third kappa shape index (κ3) is 17.0. The molecule has 3 heteroatoms. The molecule has 0 rings (SSSR count). The van der Waals surface area contributed by atoms with Crippen molar-refractivity contribution in [2.24, 2.45) is 5.92 Å². The predicted octanol–water partition coefficient (Wildman–Crippen LogP) is 7.71. The second-order valence-electron chi connectivity index (χ2n) is 8.20. The summed E-state index contributed by atoms with van der Waals surface area (Å²) in [6.07, 6.45) is 21.4. The summed E-state index contributed by atoms with van der Waals surface area (Å²) in [5, 5.41) is 9.37. The van der Waals surface area contributed by atoms with Gasteiger partial charge in [-0.3, -0.25) is 9.59 Å². The Morgan fingerprint density at radius 3 is 1.37 bits per heavy atom. The quantitative estimate of drug-likeness (QED) is 0.163. The van der Waals surface area contributed by atoms with Gasteiger partial charge >= 0.3 is 5.97 Å². The highest BCUT2D eigenvalue weighted by atomic mass is 16.4. The van der Waals surface area contributed by atoms with Crippen LogP contribution in [0.1, 0.15) is 136 Å².